The Balaban J connectivity index is 1.59. The fourth-order valence-corrected chi connectivity index (χ4v) is 5.12. The van der Waals surface area contributed by atoms with Gasteiger partial charge < -0.3 is 4.90 Å². The van der Waals surface area contributed by atoms with Crippen LogP contribution >= 0.6 is 0 Å². The third kappa shape index (κ3) is 4.27. The van der Waals surface area contributed by atoms with Crippen LogP contribution in [0.4, 0.5) is 5.69 Å². The van der Waals surface area contributed by atoms with Gasteiger partial charge in [0, 0.05) is 24.7 Å². The van der Waals surface area contributed by atoms with Gasteiger partial charge in [-0.3, -0.25) is 0 Å². The average Bonchev–Trinajstić information content (AvgIpc) is 2.81. The zero-order valence-electron chi connectivity index (χ0n) is 18.1. The molecular weight excluding hydrogens is 374 g/mol. The second-order valence-corrected chi connectivity index (χ2v) is 8.77. The van der Waals surface area contributed by atoms with Gasteiger partial charge in [-0.1, -0.05) is 109 Å². The first-order valence-electron chi connectivity index (χ1n) is 11.3. The molecule has 0 N–H and O–H groups in total. The number of hydrogen-bond acceptors (Lipinski definition) is 1. The summed E-state index contributed by atoms with van der Waals surface area (Å²) in [5.41, 5.74) is 8.39. The second-order valence-electron chi connectivity index (χ2n) is 8.77. The Kier molecular flexibility index (Phi) is 5.58. The van der Waals surface area contributed by atoms with Crippen molar-refractivity contribution in [3.63, 3.8) is 0 Å². The van der Waals surface area contributed by atoms with E-state index < -0.39 is 0 Å². The number of benzene rings is 4. The average molecular weight is 404 g/mol. The van der Waals surface area contributed by atoms with Gasteiger partial charge in [0.2, 0.25) is 0 Å². The molecule has 0 fully saturated rings. The zero-order chi connectivity index (χ0) is 21.0. The van der Waals surface area contributed by atoms with E-state index in [1.807, 2.05) is 0 Å². The predicted octanol–water partition coefficient (Wildman–Crippen LogP) is 7.01. The SMILES string of the molecule is Cc1ccc2c(c1)C(c1ccccc1)C(Cc1ccccc1)CN2Cc1ccccc1. The first-order valence-corrected chi connectivity index (χ1v) is 11.3. The van der Waals surface area contributed by atoms with Crippen molar-refractivity contribution in [1.29, 1.82) is 0 Å². The number of fused-ring (bicyclic) bond motifs is 1. The van der Waals surface area contributed by atoms with Gasteiger partial charge in [-0.15, -0.1) is 0 Å². The summed E-state index contributed by atoms with van der Waals surface area (Å²) in [4.78, 5) is 2.59. The molecule has 1 aliphatic rings. The maximum atomic E-state index is 2.59. The van der Waals surface area contributed by atoms with E-state index in [0.717, 1.165) is 19.5 Å². The van der Waals surface area contributed by atoms with Crippen molar-refractivity contribution in [3.05, 3.63) is 137 Å². The number of nitrogens with zero attached hydrogens (tertiary/aromatic N) is 1. The summed E-state index contributed by atoms with van der Waals surface area (Å²) < 4.78 is 0. The van der Waals surface area contributed by atoms with Crippen molar-refractivity contribution in [3.8, 4) is 0 Å². The maximum absolute atomic E-state index is 2.59. The molecule has 0 aliphatic carbocycles. The monoisotopic (exact) mass is 403 g/mol. The quantitative estimate of drug-likeness (QED) is 0.346. The van der Waals surface area contributed by atoms with Crippen LogP contribution in [0.2, 0.25) is 0 Å². The van der Waals surface area contributed by atoms with Crippen molar-refractivity contribution >= 4 is 5.69 Å². The third-order valence-electron chi connectivity index (χ3n) is 6.50. The molecule has 1 heterocycles. The van der Waals surface area contributed by atoms with Gasteiger partial charge in [-0.05, 0) is 47.6 Å². The van der Waals surface area contributed by atoms with Crippen LogP contribution in [0.1, 0.15) is 33.7 Å². The van der Waals surface area contributed by atoms with Crippen LogP contribution in [0.5, 0.6) is 0 Å². The molecule has 2 atom stereocenters. The molecule has 154 valence electrons. The van der Waals surface area contributed by atoms with Gasteiger partial charge in [0.05, 0.1) is 0 Å². The molecule has 0 spiro atoms. The summed E-state index contributed by atoms with van der Waals surface area (Å²) in [6.07, 6.45) is 1.08. The highest BCUT2D eigenvalue weighted by Gasteiger charge is 2.34. The number of rotatable bonds is 5. The molecule has 4 aromatic carbocycles. The van der Waals surface area contributed by atoms with E-state index in [4.69, 9.17) is 0 Å². The maximum Gasteiger partial charge on any atom is 0.0429 e. The van der Waals surface area contributed by atoms with E-state index in [1.165, 1.54) is 33.5 Å². The zero-order valence-corrected chi connectivity index (χ0v) is 18.1. The topological polar surface area (TPSA) is 3.24 Å². The molecule has 0 aromatic heterocycles. The van der Waals surface area contributed by atoms with E-state index >= 15 is 0 Å². The molecule has 0 radical (unpaired) electrons. The van der Waals surface area contributed by atoms with Crippen LogP contribution in [0.3, 0.4) is 0 Å². The minimum absolute atomic E-state index is 0.406. The van der Waals surface area contributed by atoms with E-state index in [9.17, 15) is 0 Å². The van der Waals surface area contributed by atoms with Gasteiger partial charge in [-0.25, -0.2) is 0 Å². The van der Waals surface area contributed by atoms with Crippen LogP contribution in [0.25, 0.3) is 0 Å². The summed E-state index contributed by atoms with van der Waals surface area (Å²) >= 11 is 0. The minimum atomic E-state index is 0.406. The first-order chi connectivity index (χ1) is 15.3. The molecule has 5 rings (SSSR count). The summed E-state index contributed by atoms with van der Waals surface area (Å²) in [6, 6.07) is 40.0. The lowest BCUT2D eigenvalue weighted by atomic mass is 9.74. The Morgan fingerprint density at radius 2 is 1.32 bits per heavy atom. The summed E-state index contributed by atoms with van der Waals surface area (Å²) in [7, 11) is 0. The summed E-state index contributed by atoms with van der Waals surface area (Å²) in [5.74, 6) is 0.922. The molecule has 31 heavy (non-hydrogen) atoms. The van der Waals surface area contributed by atoms with Gasteiger partial charge in [0.15, 0.2) is 0 Å². The van der Waals surface area contributed by atoms with Gasteiger partial charge >= 0.3 is 0 Å². The largest absolute Gasteiger partial charge is 0.367 e. The third-order valence-corrected chi connectivity index (χ3v) is 6.50. The van der Waals surface area contributed by atoms with E-state index in [1.54, 1.807) is 0 Å². The minimum Gasteiger partial charge on any atom is -0.367 e. The van der Waals surface area contributed by atoms with Crippen LogP contribution in [-0.2, 0) is 13.0 Å². The Bertz CT molecular complexity index is 1120. The Hall–Kier alpha value is -3.32. The number of aryl methyl sites for hydroxylation is 1. The fraction of sp³-hybridized carbons (Fsp3) is 0.200. The number of anilines is 1. The molecule has 2 unspecified atom stereocenters. The number of hydrogen-bond donors (Lipinski definition) is 0. The van der Waals surface area contributed by atoms with E-state index in [2.05, 4.69) is 121 Å². The molecule has 1 heteroatoms. The fourth-order valence-electron chi connectivity index (χ4n) is 5.12. The van der Waals surface area contributed by atoms with Crippen LogP contribution < -0.4 is 4.90 Å². The molecule has 0 saturated carbocycles. The lowest BCUT2D eigenvalue weighted by molar-refractivity contribution is 0.435. The van der Waals surface area contributed by atoms with Gasteiger partial charge in [0.1, 0.15) is 0 Å². The predicted molar refractivity (Wildman–Crippen MR) is 131 cm³/mol. The van der Waals surface area contributed by atoms with Crippen molar-refractivity contribution in [2.45, 2.75) is 25.8 Å². The van der Waals surface area contributed by atoms with Crippen molar-refractivity contribution in [2.24, 2.45) is 5.92 Å². The van der Waals surface area contributed by atoms with Crippen LogP contribution in [0.15, 0.2) is 109 Å². The Morgan fingerprint density at radius 3 is 2.00 bits per heavy atom. The lowest BCUT2D eigenvalue weighted by Crippen LogP contribution is -2.39. The molecule has 0 amide bonds. The summed E-state index contributed by atoms with van der Waals surface area (Å²) in [6.45, 7) is 4.22. The normalized spacial score (nSPS) is 17.9. The molecular formula is C30H29N. The standard InChI is InChI=1S/C30H29N/c1-23-17-18-29-28(19-23)30(26-15-9-4-10-16-26)27(20-24-11-5-2-6-12-24)22-31(29)21-25-13-7-3-8-14-25/h2-19,27,30H,20-22H2,1H3. The highest BCUT2D eigenvalue weighted by atomic mass is 15.1. The van der Waals surface area contributed by atoms with E-state index in [-0.39, 0.29) is 0 Å². The smallest absolute Gasteiger partial charge is 0.0429 e. The highest BCUT2D eigenvalue weighted by molar-refractivity contribution is 5.61. The molecule has 0 saturated heterocycles. The van der Waals surface area contributed by atoms with Crippen molar-refractivity contribution in [1.82, 2.24) is 0 Å². The molecule has 1 nitrogen and oxygen atoms in total. The molecule has 0 bridgehead atoms. The lowest BCUT2D eigenvalue weighted by Gasteiger charge is -2.42. The van der Waals surface area contributed by atoms with Gasteiger partial charge in [-0.2, -0.15) is 0 Å². The van der Waals surface area contributed by atoms with Crippen LogP contribution in [-0.4, -0.2) is 6.54 Å². The van der Waals surface area contributed by atoms with Gasteiger partial charge in [0.25, 0.3) is 0 Å². The van der Waals surface area contributed by atoms with Crippen LogP contribution in [0, 0.1) is 12.8 Å². The van der Waals surface area contributed by atoms with E-state index in [0.29, 0.717) is 11.8 Å². The van der Waals surface area contributed by atoms with Crippen molar-refractivity contribution < 1.29 is 0 Å². The first kappa shape index (κ1) is 19.6. The Morgan fingerprint density at radius 1 is 0.710 bits per heavy atom. The summed E-state index contributed by atoms with van der Waals surface area (Å²) in [5, 5.41) is 0. The highest BCUT2D eigenvalue weighted by Crippen LogP contribution is 2.44. The second kappa shape index (κ2) is 8.81. The van der Waals surface area contributed by atoms with Crippen molar-refractivity contribution in [2.75, 3.05) is 11.4 Å². The molecule has 1 aliphatic heterocycles. The Labute approximate surface area is 186 Å². The molecule has 4 aromatic rings.